The van der Waals surface area contributed by atoms with E-state index >= 15 is 0 Å². The summed E-state index contributed by atoms with van der Waals surface area (Å²) in [5.74, 6) is -1.23. The van der Waals surface area contributed by atoms with Gasteiger partial charge in [-0.15, -0.1) is 0 Å². The first-order valence-electron chi connectivity index (χ1n) is 12.3. The Morgan fingerprint density at radius 1 is 0.556 bits per heavy atom. The number of ether oxygens (including phenoxy) is 3. The molecule has 9 heteroatoms. The fourth-order valence-corrected chi connectivity index (χ4v) is 5.01. The normalized spacial score (nSPS) is 12.5. The molecule has 3 aromatic rings. The molecule has 192 valence electrons. The van der Waals surface area contributed by atoms with Crippen LogP contribution in [0, 0.1) is 20.8 Å². The van der Waals surface area contributed by atoms with Gasteiger partial charge in [0.25, 0.3) is 0 Å². The topological polar surface area (TPSA) is 126 Å². The molecule has 3 N–H and O–H groups in total. The van der Waals surface area contributed by atoms with Crippen LogP contribution in [0.15, 0.2) is 0 Å². The molecule has 9 nitrogen and oxygen atoms in total. The van der Waals surface area contributed by atoms with Gasteiger partial charge in [-0.25, -0.2) is 14.4 Å². The first-order valence-corrected chi connectivity index (χ1v) is 12.3. The van der Waals surface area contributed by atoms with E-state index in [0.717, 1.165) is 50.5 Å². The molecule has 1 aliphatic rings. The molecule has 0 spiro atoms. The van der Waals surface area contributed by atoms with Gasteiger partial charge < -0.3 is 29.2 Å². The molecule has 0 bridgehead atoms. The predicted molar refractivity (Wildman–Crippen MR) is 133 cm³/mol. The Hall–Kier alpha value is -3.75. The molecule has 0 amide bonds. The lowest BCUT2D eigenvalue weighted by molar-refractivity contribution is 0.0510. The lowest BCUT2D eigenvalue weighted by Crippen LogP contribution is -2.07. The number of rotatable bonds is 6. The molecule has 0 fully saturated rings. The Labute approximate surface area is 209 Å². The van der Waals surface area contributed by atoms with Crippen molar-refractivity contribution in [2.45, 2.75) is 60.8 Å². The highest BCUT2D eigenvalue weighted by Gasteiger charge is 2.30. The van der Waals surface area contributed by atoms with Crippen molar-refractivity contribution in [3.05, 3.63) is 67.5 Å². The van der Waals surface area contributed by atoms with Gasteiger partial charge in [0.05, 0.1) is 19.8 Å². The van der Waals surface area contributed by atoms with Crippen LogP contribution in [0.2, 0.25) is 0 Å². The molecule has 36 heavy (non-hydrogen) atoms. The Morgan fingerprint density at radius 3 is 1.03 bits per heavy atom. The first kappa shape index (κ1) is 25.3. The summed E-state index contributed by atoms with van der Waals surface area (Å²) in [5, 5.41) is 0. The van der Waals surface area contributed by atoms with Gasteiger partial charge in [-0.3, -0.25) is 0 Å². The summed E-state index contributed by atoms with van der Waals surface area (Å²) in [6.45, 7) is 11.8. The molecule has 0 atom stereocenters. The number of aromatic amines is 3. The van der Waals surface area contributed by atoms with E-state index in [-0.39, 0.29) is 19.8 Å². The van der Waals surface area contributed by atoms with Crippen molar-refractivity contribution in [2.24, 2.45) is 0 Å². The molecule has 4 rings (SSSR count). The van der Waals surface area contributed by atoms with Gasteiger partial charge in [0.2, 0.25) is 0 Å². The number of fused-ring (bicyclic) bond motifs is 3. The number of H-pyrrole nitrogens is 3. The zero-order valence-corrected chi connectivity index (χ0v) is 21.7. The van der Waals surface area contributed by atoms with Gasteiger partial charge in [-0.05, 0) is 74.9 Å². The summed E-state index contributed by atoms with van der Waals surface area (Å²) in [4.78, 5) is 47.9. The smallest absolute Gasteiger partial charge is 0.355 e. The second-order valence-corrected chi connectivity index (χ2v) is 8.94. The van der Waals surface area contributed by atoms with E-state index in [1.807, 2.05) is 20.8 Å². The number of carbonyl (C=O) groups excluding carboxylic acids is 3. The first-order chi connectivity index (χ1) is 17.2. The van der Waals surface area contributed by atoms with Crippen molar-refractivity contribution in [1.29, 1.82) is 0 Å². The van der Waals surface area contributed by atoms with Gasteiger partial charge in [-0.2, -0.15) is 0 Å². The molecule has 0 unspecified atom stereocenters. The van der Waals surface area contributed by atoms with Crippen LogP contribution in [0.3, 0.4) is 0 Å². The fourth-order valence-electron chi connectivity index (χ4n) is 5.01. The third-order valence-corrected chi connectivity index (χ3v) is 6.90. The molecule has 3 aromatic heterocycles. The van der Waals surface area contributed by atoms with E-state index in [9.17, 15) is 14.4 Å². The van der Waals surface area contributed by atoms with Gasteiger partial charge in [0.15, 0.2) is 0 Å². The molecular weight excluding hydrogens is 462 g/mol. The van der Waals surface area contributed by atoms with Crippen LogP contribution in [-0.4, -0.2) is 52.7 Å². The van der Waals surface area contributed by atoms with E-state index in [1.54, 1.807) is 20.8 Å². The Bertz CT molecular complexity index is 1180. The third-order valence-electron chi connectivity index (χ3n) is 6.90. The van der Waals surface area contributed by atoms with E-state index in [2.05, 4.69) is 15.0 Å². The van der Waals surface area contributed by atoms with E-state index in [0.29, 0.717) is 36.3 Å². The highest BCUT2D eigenvalue weighted by molar-refractivity contribution is 5.92. The average molecular weight is 496 g/mol. The minimum atomic E-state index is -0.409. The quantitative estimate of drug-likeness (QED) is 0.272. The van der Waals surface area contributed by atoms with Gasteiger partial charge >= 0.3 is 17.9 Å². The highest BCUT2D eigenvalue weighted by atomic mass is 16.5. The molecule has 0 saturated carbocycles. The van der Waals surface area contributed by atoms with Gasteiger partial charge in [-0.1, -0.05) is 0 Å². The van der Waals surface area contributed by atoms with Gasteiger partial charge in [0.1, 0.15) is 17.1 Å². The zero-order valence-electron chi connectivity index (χ0n) is 21.7. The van der Waals surface area contributed by atoms with E-state index < -0.39 is 17.9 Å². The second kappa shape index (κ2) is 10.1. The Balaban J connectivity index is 1.94. The maximum Gasteiger partial charge on any atom is 0.355 e. The van der Waals surface area contributed by atoms with E-state index in [4.69, 9.17) is 14.2 Å². The summed E-state index contributed by atoms with van der Waals surface area (Å²) < 4.78 is 15.8. The summed E-state index contributed by atoms with van der Waals surface area (Å²) in [5.41, 5.74) is 9.15. The van der Waals surface area contributed by atoms with E-state index in [1.165, 1.54) is 0 Å². The summed E-state index contributed by atoms with van der Waals surface area (Å²) >= 11 is 0. The lowest BCUT2D eigenvalue weighted by Gasteiger charge is -2.06. The van der Waals surface area contributed by atoms with Crippen molar-refractivity contribution >= 4 is 17.9 Å². The largest absolute Gasteiger partial charge is 0.461 e. The monoisotopic (exact) mass is 495 g/mol. The number of esters is 3. The van der Waals surface area contributed by atoms with Crippen LogP contribution in [0.5, 0.6) is 0 Å². The maximum absolute atomic E-state index is 12.7. The lowest BCUT2D eigenvalue weighted by atomic mass is 9.99. The minimum absolute atomic E-state index is 0.273. The van der Waals surface area contributed by atoms with Crippen LogP contribution in [-0.2, 0) is 33.5 Å². The fraction of sp³-hybridized carbons (Fsp3) is 0.444. The maximum atomic E-state index is 12.7. The highest BCUT2D eigenvalue weighted by Crippen LogP contribution is 2.34. The van der Waals surface area contributed by atoms with Crippen molar-refractivity contribution in [2.75, 3.05) is 19.8 Å². The number of hydrogen-bond acceptors (Lipinski definition) is 6. The number of hydrogen-bond donors (Lipinski definition) is 3. The van der Waals surface area contributed by atoms with Crippen molar-refractivity contribution < 1.29 is 28.6 Å². The molecule has 3 heterocycles. The summed E-state index contributed by atoms with van der Waals surface area (Å²) in [6, 6.07) is 0. The number of carbonyl (C=O) groups is 3. The summed E-state index contributed by atoms with van der Waals surface area (Å²) in [6.07, 6.45) is 1.50. The van der Waals surface area contributed by atoms with Crippen molar-refractivity contribution in [3.8, 4) is 0 Å². The van der Waals surface area contributed by atoms with Crippen LogP contribution in [0.1, 0.15) is 103 Å². The van der Waals surface area contributed by atoms with Crippen LogP contribution >= 0.6 is 0 Å². The molecular formula is C27H33N3O6. The minimum Gasteiger partial charge on any atom is -0.461 e. The summed E-state index contributed by atoms with van der Waals surface area (Å²) in [7, 11) is 0. The molecule has 0 saturated heterocycles. The molecule has 0 radical (unpaired) electrons. The van der Waals surface area contributed by atoms with Crippen LogP contribution < -0.4 is 0 Å². The van der Waals surface area contributed by atoms with Crippen LogP contribution in [0.4, 0.5) is 0 Å². The molecule has 1 aliphatic carbocycles. The Morgan fingerprint density at radius 2 is 0.806 bits per heavy atom. The zero-order chi connectivity index (χ0) is 26.1. The predicted octanol–water partition coefficient (Wildman–Crippen LogP) is 4.21. The second-order valence-electron chi connectivity index (χ2n) is 8.94. The van der Waals surface area contributed by atoms with Crippen LogP contribution in [0.25, 0.3) is 0 Å². The third kappa shape index (κ3) is 4.34. The average Bonchev–Trinajstić information content (AvgIpc) is 3.44. The Kier molecular flexibility index (Phi) is 7.10. The SMILES string of the molecule is CCOC(=O)c1[nH]c2c(c1C)Cc1[nH]c(C(=O)OCC)c(C)c1Cc1[nH]c(C(=O)OCC)c(C)c1C2. The molecule has 0 aliphatic heterocycles. The number of nitrogens with one attached hydrogen (secondary N) is 3. The standard InChI is InChI=1S/C27H33N3O6/c1-7-34-25(31)22-13(4)16-10-20-18(15(6)24(29-20)27(33)36-9-3)12-21-17(11-19(16)28-22)14(5)23(30-21)26(32)35-8-2/h28-30H,7-12H2,1-6H3. The van der Waals surface area contributed by atoms with Crippen molar-refractivity contribution in [3.63, 3.8) is 0 Å². The number of aromatic nitrogens is 3. The van der Waals surface area contributed by atoms with Crippen molar-refractivity contribution in [1.82, 2.24) is 15.0 Å². The molecule has 0 aromatic carbocycles. The van der Waals surface area contributed by atoms with Gasteiger partial charge in [0, 0.05) is 36.3 Å².